The fourth-order valence-electron chi connectivity index (χ4n) is 2.07. The Balaban J connectivity index is 2.02. The molecule has 0 aromatic carbocycles. The molecule has 0 aromatic rings. The van der Waals surface area contributed by atoms with Crippen LogP contribution in [0.3, 0.4) is 0 Å². The monoisotopic (exact) mass is 230 g/mol. The average Bonchev–Trinajstić information content (AvgIpc) is 2.62. The fourth-order valence-corrected chi connectivity index (χ4v) is 4.42. The first-order valence-corrected chi connectivity index (χ1v) is 7.28. The van der Waals surface area contributed by atoms with Crippen LogP contribution in [0.25, 0.3) is 0 Å². The van der Waals surface area contributed by atoms with Gasteiger partial charge in [0.1, 0.15) is 0 Å². The molecule has 0 N–H and O–H groups in total. The third-order valence-corrected chi connectivity index (χ3v) is 6.26. The standard InChI is InChI=1S/C12H23O2P/c1-11(2)9-13-15(14-12(11,3)4)10-7-5-6-8-10/h10H,5-9H2,1-4H3. The molecule has 2 aliphatic rings. The van der Waals surface area contributed by atoms with Crippen LogP contribution >= 0.6 is 8.38 Å². The van der Waals surface area contributed by atoms with Crippen molar-refractivity contribution in [1.82, 2.24) is 0 Å². The molecule has 1 heterocycles. The second-order valence-electron chi connectivity index (χ2n) is 5.98. The van der Waals surface area contributed by atoms with Crippen LogP contribution in [-0.4, -0.2) is 17.9 Å². The van der Waals surface area contributed by atoms with Gasteiger partial charge in [-0.25, -0.2) is 0 Å². The minimum Gasteiger partial charge on any atom is -0.333 e. The van der Waals surface area contributed by atoms with Crippen molar-refractivity contribution in [2.45, 2.75) is 64.6 Å². The summed E-state index contributed by atoms with van der Waals surface area (Å²) in [7, 11) is -0.619. The predicted octanol–water partition coefficient (Wildman–Crippen LogP) is 4.09. The maximum atomic E-state index is 6.22. The lowest BCUT2D eigenvalue weighted by Crippen LogP contribution is -2.47. The summed E-state index contributed by atoms with van der Waals surface area (Å²) in [6.45, 7) is 9.73. The molecule has 0 bridgehead atoms. The van der Waals surface area contributed by atoms with Gasteiger partial charge in [-0.3, -0.25) is 0 Å². The molecule has 1 aliphatic carbocycles. The van der Waals surface area contributed by atoms with Gasteiger partial charge in [0.25, 0.3) is 0 Å². The van der Waals surface area contributed by atoms with Gasteiger partial charge in [-0.05, 0) is 26.7 Å². The van der Waals surface area contributed by atoms with E-state index in [1.54, 1.807) is 0 Å². The van der Waals surface area contributed by atoms with Crippen molar-refractivity contribution in [3.05, 3.63) is 0 Å². The van der Waals surface area contributed by atoms with Gasteiger partial charge in [0, 0.05) is 11.1 Å². The summed E-state index contributed by atoms with van der Waals surface area (Å²) >= 11 is 0. The predicted molar refractivity (Wildman–Crippen MR) is 64.1 cm³/mol. The molecule has 1 aliphatic heterocycles. The lowest BCUT2D eigenvalue weighted by Gasteiger charge is -2.48. The summed E-state index contributed by atoms with van der Waals surface area (Å²) in [5.41, 5.74) is 0.791. The van der Waals surface area contributed by atoms with E-state index in [0.29, 0.717) is 5.66 Å². The van der Waals surface area contributed by atoms with Crippen molar-refractivity contribution in [2.24, 2.45) is 5.41 Å². The highest BCUT2D eigenvalue weighted by Crippen LogP contribution is 2.59. The first kappa shape index (κ1) is 11.8. The minimum atomic E-state index is -0.619. The quantitative estimate of drug-likeness (QED) is 0.631. The summed E-state index contributed by atoms with van der Waals surface area (Å²) in [4.78, 5) is 0. The highest BCUT2D eigenvalue weighted by molar-refractivity contribution is 7.48. The zero-order valence-corrected chi connectivity index (χ0v) is 11.3. The Hall–Kier alpha value is 0.350. The summed E-state index contributed by atoms with van der Waals surface area (Å²) in [5.74, 6) is 0. The van der Waals surface area contributed by atoms with Crippen molar-refractivity contribution in [3.63, 3.8) is 0 Å². The molecule has 88 valence electrons. The summed E-state index contributed by atoms with van der Waals surface area (Å²) in [6, 6.07) is 0. The molecule has 1 saturated carbocycles. The molecule has 0 spiro atoms. The Morgan fingerprint density at radius 3 is 2.20 bits per heavy atom. The van der Waals surface area contributed by atoms with Gasteiger partial charge >= 0.3 is 0 Å². The van der Waals surface area contributed by atoms with Gasteiger partial charge in [0.15, 0.2) is 8.38 Å². The number of hydrogen-bond donors (Lipinski definition) is 0. The van der Waals surface area contributed by atoms with E-state index < -0.39 is 8.38 Å². The SMILES string of the molecule is CC1(C)COP(C2CCCC2)OC1(C)C. The van der Waals surface area contributed by atoms with Crippen LogP contribution in [0.2, 0.25) is 0 Å². The molecule has 15 heavy (non-hydrogen) atoms. The molecule has 0 amide bonds. The molecule has 0 aromatic heterocycles. The van der Waals surface area contributed by atoms with E-state index in [4.69, 9.17) is 9.05 Å². The largest absolute Gasteiger partial charge is 0.333 e. The van der Waals surface area contributed by atoms with E-state index in [-0.39, 0.29) is 11.0 Å². The third-order valence-electron chi connectivity index (χ3n) is 4.12. The van der Waals surface area contributed by atoms with Gasteiger partial charge in [0.05, 0.1) is 12.2 Å². The van der Waals surface area contributed by atoms with E-state index in [2.05, 4.69) is 27.7 Å². The summed E-state index contributed by atoms with van der Waals surface area (Å²) in [6.07, 6.45) is 5.34. The van der Waals surface area contributed by atoms with Gasteiger partial charge in [-0.1, -0.05) is 26.7 Å². The van der Waals surface area contributed by atoms with E-state index in [9.17, 15) is 0 Å². The molecule has 2 nitrogen and oxygen atoms in total. The first-order chi connectivity index (χ1) is 6.92. The van der Waals surface area contributed by atoms with Crippen LogP contribution in [0.1, 0.15) is 53.4 Å². The number of rotatable bonds is 1. The van der Waals surface area contributed by atoms with Crippen molar-refractivity contribution in [1.29, 1.82) is 0 Å². The van der Waals surface area contributed by atoms with Crippen LogP contribution in [0.15, 0.2) is 0 Å². The molecule has 1 saturated heterocycles. The first-order valence-electron chi connectivity index (χ1n) is 6.04. The van der Waals surface area contributed by atoms with E-state index in [1.165, 1.54) is 25.7 Å². The average molecular weight is 230 g/mol. The lowest BCUT2D eigenvalue weighted by molar-refractivity contribution is -0.0741. The van der Waals surface area contributed by atoms with Crippen LogP contribution in [0.4, 0.5) is 0 Å². The Kier molecular flexibility index (Phi) is 3.14. The minimum absolute atomic E-state index is 0.0421. The Labute approximate surface area is 94.6 Å². The normalized spacial score (nSPS) is 35.6. The van der Waals surface area contributed by atoms with Crippen LogP contribution in [-0.2, 0) is 9.05 Å². The van der Waals surface area contributed by atoms with Gasteiger partial charge in [0.2, 0.25) is 0 Å². The Bertz CT molecular complexity index is 232. The van der Waals surface area contributed by atoms with Crippen molar-refractivity contribution in [2.75, 3.05) is 6.61 Å². The van der Waals surface area contributed by atoms with Gasteiger partial charge < -0.3 is 9.05 Å². The van der Waals surface area contributed by atoms with Gasteiger partial charge in [-0.15, -0.1) is 0 Å². The molecular formula is C12H23O2P. The maximum Gasteiger partial charge on any atom is 0.174 e. The van der Waals surface area contributed by atoms with E-state index in [0.717, 1.165) is 6.61 Å². The topological polar surface area (TPSA) is 18.5 Å². The molecule has 2 rings (SSSR count). The van der Waals surface area contributed by atoms with Crippen molar-refractivity contribution >= 4 is 8.38 Å². The Morgan fingerprint density at radius 2 is 1.67 bits per heavy atom. The molecule has 0 radical (unpaired) electrons. The molecule has 3 heteroatoms. The third kappa shape index (κ3) is 2.23. The molecule has 2 fully saturated rings. The van der Waals surface area contributed by atoms with Crippen molar-refractivity contribution < 1.29 is 9.05 Å². The zero-order valence-electron chi connectivity index (χ0n) is 10.4. The molecule has 1 unspecified atom stereocenters. The van der Waals surface area contributed by atoms with Crippen LogP contribution in [0, 0.1) is 5.41 Å². The lowest BCUT2D eigenvalue weighted by atomic mass is 9.78. The maximum absolute atomic E-state index is 6.22. The molecule has 1 atom stereocenters. The van der Waals surface area contributed by atoms with E-state index in [1.807, 2.05) is 0 Å². The smallest absolute Gasteiger partial charge is 0.174 e. The molecular weight excluding hydrogens is 207 g/mol. The fraction of sp³-hybridized carbons (Fsp3) is 1.00. The summed E-state index contributed by atoms with van der Waals surface area (Å²) in [5, 5.41) is 0. The highest BCUT2D eigenvalue weighted by atomic mass is 31.2. The van der Waals surface area contributed by atoms with Crippen LogP contribution < -0.4 is 0 Å². The highest BCUT2D eigenvalue weighted by Gasteiger charge is 2.47. The van der Waals surface area contributed by atoms with Gasteiger partial charge in [-0.2, -0.15) is 0 Å². The van der Waals surface area contributed by atoms with E-state index >= 15 is 0 Å². The summed E-state index contributed by atoms with van der Waals surface area (Å²) < 4.78 is 12.2. The van der Waals surface area contributed by atoms with Crippen molar-refractivity contribution in [3.8, 4) is 0 Å². The second-order valence-corrected chi connectivity index (χ2v) is 7.72. The second kappa shape index (κ2) is 3.98. The zero-order chi connectivity index (χ0) is 11.1. The number of hydrogen-bond acceptors (Lipinski definition) is 2. The Morgan fingerprint density at radius 1 is 1.07 bits per heavy atom. The van der Waals surface area contributed by atoms with Crippen LogP contribution in [0.5, 0.6) is 0 Å².